The molecule has 0 unspecified atom stereocenters. The SMILES string of the molecule is C=CCn1nc(Br)c(Br)n1.C=CCn1nc(Cl)c(Br)n1. The molecule has 0 radical (unpaired) electrons. The largest absolute Gasteiger partial charge is 0.185 e. The van der Waals surface area contributed by atoms with E-state index in [1.165, 1.54) is 4.80 Å². The lowest BCUT2D eigenvalue weighted by Gasteiger charge is -1.87. The molecule has 10 heteroatoms. The summed E-state index contributed by atoms with van der Waals surface area (Å²) in [4.78, 5) is 3.00. The highest BCUT2D eigenvalue weighted by atomic mass is 79.9. The molecule has 6 nitrogen and oxygen atoms in total. The minimum absolute atomic E-state index is 0.377. The predicted molar refractivity (Wildman–Crippen MR) is 88.5 cm³/mol. The first-order chi connectivity index (χ1) is 9.47. The lowest BCUT2D eigenvalue weighted by atomic mass is 10.7. The Morgan fingerprint density at radius 3 is 1.60 bits per heavy atom. The average molecular weight is 489 g/mol. The molecule has 108 valence electrons. The summed E-state index contributed by atoms with van der Waals surface area (Å²) >= 11 is 15.1. The van der Waals surface area contributed by atoms with E-state index in [0.29, 0.717) is 32.1 Å². The molecule has 2 rings (SSSR count). The van der Waals surface area contributed by atoms with Gasteiger partial charge >= 0.3 is 0 Å². The third-order valence-electron chi connectivity index (χ3n) is 1.74. The number of allylic oxidation sites excluding steroid dienone is 2. The fourth-order valence-corrected chi connectivity index (χ4v) is 1.92. The topological polar surface area (TPSA) is 61.4 Å². The molecule has 0 aromatic carbocycles. The van der Waals surface area contributed by atoms with E-state index in [9.17, 15) is 0 Å². The lowest BCUT2D eigenvalue weighted by Crippen LogP contribution is -1.98. The summed E-state index contributed by atoms with van der Waals surface area (Å²) in [6.45, 7) is 8.30. The van der Waals surface area contributed by atoms with Crippen LogP contribution in [0.5, 0.6) is 0 Å². The second-order valence-corrected chi connectivity index (χ2v) is 5.86. The highest BCUT2D eigenvalue weighted by molar-refractivity contribution is 9.13. The molecule has 0 saturated heterocycles. The molecule has 0 bridgehead atoms. The van der Waals surface area contributed by atoms with Crippen molar-refractivity contribution in [3.8, 4) is 0 Å². The minimum atomic E-state index is 0.377. The van der Waals surface area contributed by atoms with Gasteiger partial charge in [0.2, 0.25) is 0 Å². The molecule has 0 amide bonds. The molecule has 2 aromatic heterocycles. The Labute approximate surface area is 146 Å². The highest BCUT2D eigenvalue weighted by Gasteiger charge is 2.02. The Kier molecular flexibility index (Phi) is 7.63. The van der Waals surface area contributed by atoms with Gasteiger partial charge in [-0.2, -0.15) is 9.59 Å². The standard InChI is InChI=1S/C5H5Br2N3.C5H5BrClN3/c2*1-2-3-10-8-4(6)5(7)9-10/h2*2H,1,3H2. The minimum Gasteiger partial charge on any atom is -0.179 e. The van der Waals surface area contributed by atoms with Gasteiger partial charge in [-0.25, -0.2) is 0 Å². The van der Waals surface area contributed by atoms with Crippen LogP contribution in [0.4, 0.5) is 0 Å². The van der Waals surface area contributed by atoms with Crippen molar-refractivity contribution in [2.75, 3.05) is 0 Å². The third-order valence-corrected chi connectivity index (χ3v) is 4.36. The van der Waals surface area contributed by atoms with Crippen LogP contribution in [0.25, 0.3) is 0 Å². The van der Waals surface area contributed by atoms with Crippen molar-refractivity contribution >= 4 is 59.4 Å². The number of rotatable bonds is 4. The van der Waals surface area contributed by atoms with Gasteiger partial charge in [-0.1, -0.05) is 23.8 Å². The van der Waals surface area contributed by atoms with Crippen LogP contribution in [0.15, 0.2) is 39.1 Å². The van der Waals surface area contributed by atoms with Crippen LogP contribution in [0.2, 0.25) is 5.15 Å². The quantitative estimate of drug-likeness (QED) is 0.612. The van der Waals surface area contributed by atoms with Gasteiger partial charge in [-0.3, -0.25) is 0 Å². The van der Waals surface area contributed by atoms with Crippen molar-refractivity contribution in [2.24, 2.45) is 0 Å². The summed E-state index contributed by atoms with van der Waals surface area (Å²) < 4.78 is 2.00. The van der Waals surface area contributed by atoms with E-state index in [-0.39, 0.29) is 0 Å². The van der Waals surface area contributed by atoms with Crippen molar-refractivity contribution in [3.63, 3.8) is 0 Å². The van der Waals surface area contributed by atoms with Crippen LogP contribution in [0, 0.1) is 0 Å². The first-order valence-electron chi connectivity index (χ1n) is 5.22. The maximum Gasteiger partial charge on any atom is 0.185 e. The molecule has 0 atom stereocenters. The van der Waals surface area contributed by atoms with E-state index in [2.05, 4.69) is 81.3 Å². The Morgan fingerprint density at radius 2 is 1.25 bits per heavy atom. The first kappa shape index (κ1) is 17.5. The Balaban J connectivity index is 0.000000200. The van der Waals surface area contributed by atoms with E-state index in [0.717, 1.165) is 0 Å². The molecule has 0 N–H and O–H groups in total. The van der Waals surface area contributed by atoms with E-state index in [1.807, 2.05) is 0 Å². The number of halogens is 4. The molecule has 0 saturated carbocycles. The second-order valence-electron chi connectivity index (χ2n) is 3.25. The van der Waals surface area contributed by atoms with Gasteiger partial charge in [-0.05, 0) is 47.8 Å². The average Bonchev–Trinajstić information content (AvgIpc) is 2.85. The summed E-state index contributed by atoms with van der Waals surface area (Å²) in [5, 5.41) is 16.2. The fraction of sp³-hybridized carbons (Fsp3) is 0.200. The molecule has 0 aliphatic rings. The Morgan fingerprint density at radius 1 is 0.850 bits per heavy atom. The van der Waals surface area contributed by atoms with Crippen molar-refractivity contribution < 1.29 is 0 Å². The fourth-order valence-electron chi connectivity index (χ4n) is 1.01. The molecular weight excluding hydrogens is 479 g/mol. The maximum atomic E-state index is 5.59. The van der Waals surface area contributed by atoms with Gasteiger partial charge in [0, 0.05) is 0 Å². The molecule has 2 heterocycles. The summed E-state index contributed by atoms with van der Waals surface area (Å²) in [5.41, 5.74) is 0. The van der Waals surface area contributed by atoms with Gasteiger partial charge < -0.3 is 0 Å². The zero-order valence-electron chi connectivity index (χ0n) is 10.2. The van der Waals surface area contributed by atoms with E-state index in [1.54, 1.807) is 16.9 Å². The van der Waals surface area contributed by atoms with Crippen LogP contribution in [-0.4, -0.2) is 30.0 Å². The zero-order valence-corrected chi connectivity index (χ0v) is 15.7. The normalized spacial score (nSPS) is 9.80. The molecule has 0 aliphatic carbocycles. The molecule has 0 fully saturated rings. The van der Waals surface area contributed by atoms with Crippen LogP contribution in [0.3, 0.4) is 0 Å². The molecule has 20 heavy (non-hydrogen) atoms. The Hall–Kier alpha value is -0.510. The maximum absolute atomic E-state index is 5.59. The van der Waals surface area contributed by atoms with Crippen LogP contribution >= 0.6 is 59.4 Å². The van der Waals surface area contributed by atoms with Crippen LogP contribution < -0.4 is 0 Å². The third kappa shape index (κ3) is 5.47. The summed E-state index contributed by atoms with van der Waals surface area (Å²) in [7, 11) is 0. The number of hydrogen-bond acceptors (Lipinski definition) is 4. The van der Waals surface area contributed by atoms with Gasteiger partial charge in [0.05, 0.1) is 13.1 Å². The number of hydrogen-bond donors (Lipinski definition) is 0. The summed E-state index contributed by atoms with van der Waals surface area (Å²) in [6, 6.07) is 0. The number of aromatic nitrogens is 6. The monoisotopic (exact) mass is 486 g/mol. The number of nitrogens with zero attached hydrogens (tertiary/aromatic N) is 6. The van der Waals surface area contributed by atoms with Gasteiger partial charge in [-0.15, -0.1) is 33.6 Å². The van der Waals surface area contributed by atoms with E-state index >= 15 is 0 Å². The van der Waals surface area contributed by atoms with Crippen molar-refractivity contribution in [1.29, 1.82) is 0 Å². The van der Waals surface area contributed by atoms with Crippen molar-refractivity contribution in [1.82, 2.24) is 30.0 Å². The smallest absolute Gasteiger partial charge is 0.179 e. The van der Waals surface area contributed by atoms with Crippen molar-refractivity contribution in [2.45, 2.75) is 13.1 Å². The zero-order chi connectivity index (χ0) is 15.1. The second kappa shape index (κ2) is 8.71. The first-order valence-corrected chi connectivity index (χ1v) is 7.97. The highest BCUT2D eigenvalue weighted by Crippen LogP contribution is 2.16. The molecular formula is C10H10Br3ClN6. The van der Waals surface area contributed by atoms with Crippen LogP contribution in [0.1, 0.15) is 0 Å². The van der Waals surface area contributed by atoms with Gasteiger partial charge in [0.25, 0.3) is 0 Å². The van der Waals surface area contributed by atoms with Crippen molar-refractivity contribution in [3.05, 3.63) is 44.3 Å². The van der Waals surface area contributed by atoms with Crippen LogP contribution in [-0.2, 0) is 13.1 Å². The summed E-state index contributed by atoms with van der Waals surface area (Å²) in [6.07, 6.45) is 3.43. The predicted octanol–water partition coefficient (Wildman–Crippen LogP) is 3.87. The Bertz CT molecular complexity index is 503. The van der Waals surface area contributed by atoms with E-state index < -0.39 is 0 Å². The van der Waals surface area contributed by atoms with Gasteiger partial charge in [0.15, 0.2) is 19.0 Å². The summed E-state index contributed by atoms with van der Waals surface area (Å²) in [5.74, 6) is 0. The van der Waals surface area contributed by atoms with E-state index in [4.69, 9.17) is 11.6 Å². The van der Waals surface area contributed by atoms with Gasteiger partial charge in [0.1, 0.15) is 0 Å². The molecule has 2 aromatic rings. The molecule has 0 aliphatic heterocycles. The lowest BCUT2D eigenvalue weighted by molar-refractivity contribution is 0.597. The molecule has 0 spiro atoms.